The zero-order valence-electron chi connectivity index (χ0n) is 11.5. The Balaban J connectivity index is 1.75. The van der Waals surface area contributed by atoms with Gasteiger partial charge in [-0.05, 0) is 12.1 Å². The Bertz CT molecular complexity index is 746. The number of anilines is 1. The first-order valence-electron chi connectivity index (χ1n) is 6.42. The largest absolute Gasteiger partial charge is 0.451 e. The topological polar surface area (TPSA) is 68.0 Å². The molecule has 2 heterocycles. The van der Waals surface area contributed by atoms with Gasteiger partial charge in [0.1, 0.15) is 5.58 Å². The number of amides is 1. The van der Waals surface area contributed by atoms with E-state index >= 15 is 0 Å². The third-order valence-corrected chi connectivity index (χ3v) is 4.54. The SMILES string of the molecule is CC(C)Sc1nnc(NC(=O)c2cc3ccccc3o2)s1. The minimum absolute atomic E-state index is 0.268. The smallest absolute Gasteiger partial charge is 0.293 e. The highest BCUT2D eigenvalue weighted by Crippen LogP contribution is 2.29. The monoisotopic (exact) mass is 319 g/mol. The summed E-state index contributed by atoms with van der Waals surface area (Å²) in [5.41, 5.74) is 0.691. The van der Waals surface area contributed by atoms with Crippen molar-refractivity contribution in [3.05, 3.63) is 36.1 Å². The van der Waals surface area contributed by atoms with Crippen molar-refractivity contribution in [1.82, 2.24) is 10.2 Å². The van der Waals surface area contributed by atoms with Gasteiger partial charge in [0.25, 0.3) is 5.91 Å². The van der Waals surface area contributed by atoms with E-state index in [4.69, 9.17) is 4.42 Å². The molecule has 0 aliphatic carbocycles. The number of nitrogens with zero attached hydrogens (tertiary/aromatic N) is 2. The van der Waals surface area contributed by atoms with Crippen LogP contribution < -0.4 is 5.32 Å². The quantitative estimate of drug-likeness (QED) is 0.580. The van der Waals surface area contributed by atoms with Gasteiger partial charge in [0.05, 0.1) is 0 Å². The Morgan fingerprint density at radius 2 is 2.14 bits per heavy atom. The van der Waals surface area contributed by atoms with Gasteiger partial charge in [-0.2, -0.15) is 0 Å². The first-order valence-corrected chi connectivity index (χ1v) is 8.11. The predicted molar refractivity (Wildman–Crippen MR) is 85.1 cm³/mol. The number of hydrogen-bond donors (Lipinski definition) is 1. The molecule has 0 aliphatic rings. The summed E-state index contributed by atoms with van der Waals surface area (Å²) in [5, 5.41) is 12.5. The van der Waals surface area contributed by atoms with E-state index in [0.717, 1.165) is 9.73 Å². The first-order chi connectivity index (χ1) is 10.1. The van der Waals surface area contributed by atoms with E-state index in [1.807, 2.05) is 24.3 Å². The summed E-state index contributed by atoms with van der Waals surface area (Å²) < 4.78 is 6.35. The molecule has 108 valence electrons. The molecular weight excluding hydrogens is 306 g/mol. The van der Waals surface area contributed by atoms with Crippen molar-refractivity contribution in [2.75, 3.05) is 5.32 Å². The summed E-state index contributed by atoms with van der Waals surface area (Å²) in [6.45, 7) is 4.16. The van der Waals surface area contributed by atoms with E-state index < -0.39 is 0 Å². The molecule has 21 heavy (non-hydrogen) atoms. The van der Waals surface area contributed by atoms with Crippen molar-refractivity contribution in [1.29, 1.82) is 0 Å². The minimum atomic E-state index is -0.316. The molecule has 0 spiro atoms. The van der Waals surface area contributed by atoms with Gasteiger partial charge in [-0.25, -0.2) is 0 Å². The lowest BCUT2D eigenvalue weighted by Crippen LogP contribution is -2.10. The predicted octanol–water partition coefficient (Wildman–Crippen LogP) is 4.04. The van der Waals surface area contributed by atoms with Crippen LogP contribution in [-0.2, 0) is 0 Å². The number of fused-ring (bicyclic) bond motifs is 1. The number of thioether (sulfide) groups is 1. The second kappa shape index (κ2) is 5.87. The van der Waals surface area contributed by atoms with E-state index in [0.29, 0.717) is 16.0 Å². The van der Waals surface area contributed by atoms with Gasteiger partial charge in [-0.15, -0.1) is 10.2 Å². The fourth-order valence-corrected chi connectivity index (χ4v) is 3.73. The van der Waals surface area contributed by atoms with Gasteiger partial charge in [0.2, 0.25) is 5.13 Å². The lowest BCUT2D eigenvalue weighted by Gasteiger charge is -1.97. The van der Waals surface area contributed by atoms with Gasteiger partial charge in [-0.1, -0.05) is 55.1 Å². The molecule has 0 fully saturated rings. The average molecular weight is 319 g/mol. The highest BCUT2D eigenvalue weighted by Gasteiger charge is 2.15. The summed E-state index contributed by atoms with van der Waals surface area (Å²) in [5.74, 6) is -0.0482. The molecule has 0 atom stereocenters. The number of carbonyl (C=O) groups is 1. The third-order valence-electron chi connectivity index (χ3n) is 2.61. The number of carbonyl (C=O) groups excluding carboxylic acids is 1. The number of rotatable bonds is 4. The standard InChI is InChI=1S/C14H13N3O2S2/c1-8(2)20-14-17-16-13(21-14)15-12(18)11-7-9-5-3-4-6-10(9)19-11/h3-8H,1-2H3,(H,15,16,18). The number of nitrogens with one attached hydrogen (secondary N) is 1. The molecule has 3 rings (SSSR count). The zero-order chi connectivity index (χ0) is 14.8. The minimum Gasteiger partial charge on any atom is -0.451 e. The Morgan fingerprint density at radius 1 is 1.33 bits per heavy atom. The maximum absolute atomic E-state index is 12.1. The summed E-state index contributed by atoms with van der Waals surface area (Å²) >= 11 is 2.97. The van der Waals surface area contributed by atoms with Gasteiger partial charge >= 0.3 is 0 Å². The van der Waals surface area contributed by atoms with E-state index in [9.17, 15) is 4.79 Å². The van der Waals surface area contributed by atoms with Gasteiger partial charge < -0.3 is 4.42 Å². The van der Waals surface area contributed by atoms with Crippen LogP contribution in [0.15, 0.2) is 39.1 Å². The van der Waals surface area contributed by atoms with Crippen LogP contribution in [0.1, 0.15) is 24.4 Å². The number of hydrogen-bond acceptors (Lipinski definition) is 6. The molecule has 3 aromatic rings. The maximum atomic E-state index is 12.1. The summed E-state index contributed by atoms with van der Waals surface area (Å²) in [4.78, 5) is 12.1. The van der Waals surface area contributed by atoms with Crippen LogP contribution in [0.25, 0.3) is 11.0 Å². The Kier molecular flexibility index (Phi) is 3.94. The van der Waals surface area contributed by atoms with Crippen LogP contribution in [-0.4, -0.2) is 21.4 Å². The van der Waals surface area contributed by atoms with Crippen LogP contribution in [0.4, 0.5) is 5.13 Å². The van der Waals surface area contributed by atoms with E-state index in [2.05, 4.69) is 29.4 Å². The van der Waals surface area contributed by atoms with Gasteiger partial charge in [0, 0.05) is 10.6 Å². The van der Waals surface area contributed by atoms with Crippen LogP contribution in [0.5, 0.6) is 0 Å². The number of benzene rings is 1. The second-order valence-corrected chi connectivity index (χ2v) is 7.44. The third kappa shape index (κ3) is 3.25. The normalized spacial score (nSPS) is 11.2. The van der Waals surface area contributed by atoms with Crippen LogP contribution in [0.2, 0.25) is 0 Å². The molecule has 0 saturated heterocycles. The van der Waals surface area contributed by atoms with E-state index in [1.165, 1.54) is 11.3 Å². The molecule has 1 amide bonds. The molecule has 7 heteroatoms. The number of aromatic nitrogens is 2. The van der Waals surface area contributed by atoms with Crippen molar-refractivity contribution in [3.8, 4) is 0 Å². The fourth-order valence-electron chi connectivity index (χ4n) is 1.76. The van der Waals surface area contributed by atoms with Crippen LogP contribution in [0.3, 0.4) is 0 Å². The Hall–Kier alpha value is -1.86. The molecule has 0 saturated carbocycles. The lowest BCUT2D eigenvalue weighted by molar-refractivity contribution is 0.0998. The van der Waals surface area contributed by atoms with Crippen molar-refractivity contribution in [2.45, 2.75) is 23.4 Å². The van der Waals surface area contributed by atoms with Gasteiger partial charge in [0.15, 0.2) is 10.1 Å². The first kappa shape index (κ1) is 14.1. The molecule has 0 aliphatic heterocycles. The van der Waals surface area contributed by atoms with Gasteiger partial charge in [-0.3, -0.25) is 10.1 Å². The van der Waals surface area contributed by atoms with Crippen LogP contribution in [0, 0.1) is 0 Å². The van der Waals surface area contributed by atoms with E-state index in [1.54, 1.807) is 17.8 Å². The fraction of sp³-hybridized carbons (Fsp3) is 0.214. The molecule has 5 nitrogen and oxygen atoms in total. The highest BCUT2D eigenvalue weighted by molar-refractivity contribution is 8.01. The Labute approximate surface area is 129 Å². The molecule has 0 bridgehead atoms. The maximum Gasteiger partial charge on any atom is 0.293 e. The highest BCUT2D eigenvalue weighted by atomic mass is 32.2. The van der Waals surface area contributed by atoms with Crippen LogP contribution >= 0.6 is 23.1 Å². The average Bonchev–Trinajstić information content (AvgIpc) is 3.04. The number of para-hydroxylation sites is 1. The lowest BCUT2D eigenvalue weighted by atomic mass is 10.2. The number of furan rings is 1. The molecule has 1 aromatic carbocycles. The van der Waals surface area contributed by atoms with Crippen molar-refractivity contribution < 1.29 is 9.21 Å². The summed E-state index contributed by atoms with van der Waals surface area (Å²) in [7, 11) is 0. The molecule has 2 aromatic heterocycles. The Morgan fingerprint density at radius 3 is 2.90 bits per heavy atom. The molecule has 1 N–H and O–H groups in total. The summed E-state index contributed by atoms with van der Waals surface area (Å²) in [6.07, 6.45) is 0. The van der Waals surface area contributed by atoms with Crippen molar-refractivity contribution in [3.63, 3.8) is 0 Å². The second-order valence-electron chi connectivity index (χ2n) is 4.64. The molecule has 0 radical (unpaired) electrons. The summed E-state index contributed by atoms with van der Waals surface area (Å²) in [6, 6.07) is 9.22. The zero-order valence-corrected chi connectivity index (χ0v) is 13.1. The van der Waals surface area contributed by atoms with Crippen molar-refractivity contribution in [2.24, 2.45) is 0 Å². The molecular formula is C14H13N3O2S2. The molecule has 0 unspecified atom stereocenters. The van der Waals surface area contributed by atoms with Crippen molar-refractivity contribution >= 4 is 45.1 Å². The van der Waals surface area contributed by atoms with E-state index in [-0.39, 0.29) is 11.7 Å².